The predicted octanol–water partition coefficient (Wildman–Crippen LogP) is 2.33. The topological polar surface area (TPSA) is 34.9 Å². The van der Waals surface area contributed by atoms with E-state index in [0.29, 0.717) is 0 Å². The fraction of sp³-hybridized carbons (Fsp3) is 0.167. The van der Waals surface area contributed by atoms with E-state index in [1.165, 1.54) is 10.9 Å². The first-order valence-electron chi connectivity index (χ1n) is 4.86. The average molecular weight is 200 g/mol. The van der Waals surface area contributed by atoms with Crippen molar-refractivity contribution in [1.29, 1.82) is 0 Å². The lowest BCUT2D eigenvalue weighted by Gasteiger charge is -2.10. The summed E-state index contributed by atoms with van der Waals surface area (Å²) < 4.78 is 1.51. The summed E-state index contributed by atoms with van der Waals surface area (Å²) in [6.07, 6.45) is 4.80. The Morgan fingerprint density at radius 1 is 1.33 bits per heavy atom. The van der Waals surface area contributed by atoms with Crippen LogP contribution in [0.15, 0.2) is 49.1 Å². The average Bonchev–Trinajstić information content (AvgIpc) is 2.82. The van der Waals surface area contributed by atoms with Crippen molar-refractivity contribution in [2.24, 2.45) is 0 Å². The van der Waals surface area contributed by atoms with Gasteiger partial charge in [0.2, 0.25) is 5.91 Å². The number of nitrogens with zero attached hydrogens (tertiary/aromatic N) is 2. The molecule has 0 bridgehead atoms. The molecule has 3 nitrogen and oxygen atoms in total. The fourth-order valence-corrected chi connectivity index (χ4v) is 1.50. The van der Waals surface area contributed by atoms with Crippen molar-refractivity contribution in [3.63, 3.8) is 0 Å². The molecule has 0 aliphatic rings. The van der Waals surface area contributed by atoms with E-state index in [-0.39, 0.29) is 11.8 Å². The van der Waals surface area contributed by atoms with Gasteiger partial charge in [0, 0.05) is 12.4 Å². The van der Waals surface area contributed by atoms with Crippen LogP contribution < -0.4 is 0 Å². The monoisotopic (exact) mass is 200 g/mol. The Morgan fingerprint density at radius 3 is 2.67 bits per heavy atom. The Kier molecular flexibility index (Phi) is 2.63. The second-order valence-corrected chi connectivity index (χ2v) is 3.44. The zero-order valence-corrected chi connectivity index (χ0v) is 8.50. The number of carbonyl (C=O) groups is 1. The molecule has 2 rings (SSSR count). The summed E-state index contributed by atoms with van der Waals surface area (Å²) >= 11 is 0. The Hall–Kier alpha value is -1.90. The van der Waals surface area contributed by atoms with Crippen molar-refractivity contribution in [3.8, 4) is 0 Å². The molecule has 2 aromatic rings. The molecular weight excluding hydrogens is 188 g/mol. The smallest absolute Gasteiger partial charge is 0.239 e. The third kappa shape index (κ3) is 1.96. The normalized spacial score (nSPS) is 12.3. The third-order valence-electron chi connectivity index (χ3n) is 2.43. The van der Waals surface area contributed by atoms with E-state index >= 15 is 0 Å². The Bertz CT molecular complexity index is 434. The molecule has 0 fully saturated rings. The molecule has 0 radical (unpaired) electrons. The molecular formula is C12H12N2O. The molecule has 1 aromatic heterocycles. The maximum Gasteiger partial charge on any atom is 0.239 e. The number of hydrogen-bond acceptors (Lipinski definition) is 2. The van der Waals surface area contributed by atoms with Gasteiger partial charge in [-0.15, -0.1) is 0 Å². The van der Waals surface area contributed by atoms with E-state index in [2.05, 4.69) is 4.98 Å². The number of aromatic nitrogens is 2. The van der Waals surface area contributed by atoms with Crippen molar-refractivity contribution in [2.75, 3.05) is 0 Å². The van der Waals surface area contributed by atoms with Crippen LogP contribution in [-0.2, 0) is 0 Å². The number of hydrogen-bond donors (Lipinski definition) is 0. The summed E-state index contributed by atoms with van der Waals surface area (Å²) in [6.45, 7) is 1.90. The van der Waals surface area contributed by atoms with Crippen molar-refractivity contribution in [1.82, 2.24) is 9.55 Å². The highest BCUT2D eigenvalue weighted by Crippen LogP contribution is 2.16. The van der Waals surface area contributed by atoms with Crippen LogP contribution in [0.25, 0.3) is 0 Å². The van der Waals surface area contributed by atoms with Crippen molar-refractivity contribution >= 4 is 5.91 Å². The van der Waals surface area contributed by atoms with Crippen LogP contribution in [-0.4, -0.2) is 15.5 Å². The minimum Gasteiger partial charge on any atom is -0.276 e. The zero-order valence-electron chi connectivity index (χ0n) is 8.50. The Balaban J connectivity index is 2.23. The zero-order chi connectivity index (χ0) is 10.7. The van der Waals surface area contributed by atoms with E-state index in [0.717, 1.165) is 5.56 Å². The first-order valence-corrected chi connectivity index (χ1v) is 4.86. The van der Waals surface area contributed by atoms with E-state index in [9.17, 15) is 4.79 Å². The molecule has 0 N–H and O–H groups in total. The van der Waals surface area contributed by atoms with Gasteiger partial charge in [-0.3, -0.25) is 9.36 Å². The fourth-order valence-electron chi connectivity index (χ4n) is 1.50. The molecule has 0 spiro atoms. The molecule has 3 heteroatoms. The van der Waals surface area contributed by atoms with Crippen molar-refractivity contribution in [3.05, 3.63) is 54.6 Å². The maximum absolute atomic E-state index is 11.9. The molecule has 0 saturated carbocycles. The van der Waals surface area contributed by atoms with E-state index in [1.807, 2.05) is 37.3 Å². The molecule has 0 aliphatic carbocycles. The largest absolute Gasteiger partial charge is 0.276 e. The SMILES string of the molecule is CC(C(=O)n1ccnc1)c1ccccc1. The van der Waals surface area contributed by atoms with Crippen LogP contribution in [0.3, 0.4) is 0 Å². The molecule has 1 atom stereocenters. The first-order chi connectivity index (χ1) is 7.29. The lowest BCUT2D eigenvalue weighted by atomic mass is 10.0. The number of rotatable bonds is 2. The van der Waals surface area contributed by atoms with Gasteiger partial charge in [0.05, 0.1) is 5.92 Å². The number of carbonyl (C=O) groups excluding carboxylic acids is 1. The maximum atomic E-state index is 11.9. The molecule has 0 amide bonds. The Morgan fingerprint density at radius 2 is 2.07 bits per heavy atom. The van der Waals surface area contributed by atoms with Gasteiger partial charge in [0.15, 0.2) is 0 Å². The van der Waals surface area contributed by atoms with Crippen LogP contribution in [0, 0.1) is 0 Å². The van der Waals surface area contributed by atoms with Crippen LogP contribution in [0.5, 0.6) is 0 Å². The summed E-state index contributed by atoms with van der Waals surface area (Å²) in [7, 11) is 0. The lowest BCUT2D eigenvalue weighted by Crippen LogP contribution is -2.16. The van der Waals surface area contributed by atoms with Crippen LogP contribution in [0.1, 0.15) is 23.2 Å². The van der Waals surface area contributed by atoms with Gasteiger partial charge in [0.1, 0.15) is 6.33 Å². The number of imidazole rings is 1. The highest BCUT2D eigenvalue weighted by Gasteiger charge is 2.15. The quantitative estimate of drug-likeness (QED) is 0.745. The summed E-state index contributed by atoms with van der Waals surface area (Å²) in [5.41, 5.74) is 1.02. The van der Waals surface area contributed by atoms with Gasteiger partial charge in [-0.1, -0.05) is 30.3 Å². The lowest BCUT2D eigenvalue weighted by molar-refractivity contribution is 0.0884. The summed E-state index contributed by atoms with van der Waals surface area (Å²) in [5.74, 6) is -0.0981. The van der Waals surface area contributed by atoms with Crippen molar-refractivity contribution in [2.45, 2.75) is 12.8 Å². The van der Waals surface area contributed by atoms with Gasteiger partial charge in [-0.25, -0.2) is 4.98 Å². The van der Waals surface area contributed by atoms with Crippen LogP contribution in [0.2, 0.25) is 0 Å². The van der Waals surface area contributed by atoms with Crippen LogP contribution in [0.4, 0.5) is 0 Å². The van der Waals surface area contributed by atoms with Gasteiger partial charge in [-0.2, -0.15) is 0 Å². The first kappa shape index (κ1) is 9.65. The third-order valence-corrected chi connectivity index (χ3v) is 2.43. The summed E-state index contributed by atoms with van der Waals surface area (Å²) in [5, 5.41) is 0. The minimum atomic E-state index is -0.139. The number of benzene rings is 1. The van der Waals surface area contributed by atoms with Crippen LogP contribution >= 0.6 is 0 Å². The highest BCUT2D eigenvalue weighted by molar-refractivity contribution is 5.85. The molecule has 1 aromatic carbocycles. The van der Waals surface area contributed by atoms with E-state index in [1.54, 1.807) is 12.4 Å². The molecule has 15 heavy (non-hydrogen) atoms. The second-order valence-electron chi connectivity index (χ2n) is 3.44. The predicted molar refractivity (Wildman–Crippen MR) is 57.7 cm³/mol. The van der Waals surface area contributed by atoms with Gasteiger partial charge in [0.25, 0.3) is 0 Å². The molecule has 0 aliphatic heterocycles. The summed E-state index contributed by atoms with van der Waals surface area (Å²) in [4.78, 5) is 15.8. The molecule has 76 valence electrons. The standard InChI is InChI=1S/C12H12N2O/c1-10(11-5-3-2-4-6-11)12(15)14-8-7-13-9-14/h2-10H,1H3. The van der Waals surface area contributed by atoms with E-state index < -0.39 is 0 Å². The van der Waals surface area contributed by atoms with E-state index in [4.69, 9.17) is 0 Å². The second kappa shape index (κ2) is 4.09. The van der Waals surface area contributed by atoms with Gasteiger partial charge in [-0.05, 0) is 12.5 Å². The van der Waals surface area contributed by atoms with Gasteiger partial charge >= 0.3 is 0 Å². The highest BCUT2D eigenvalue weighted by atomic mass is 16.2. The molecule has 1 heterocycles. The minimum absolute atomic E-state index is 0.0405. The van der Waals surface area contributed by atoms with Crippen molar-refractivity contribution < 1.29 is 4.79 Å². The Labute approximate surface area is 88.4 Å². The molecule has 1 unspecified atom stereocenters. The van der Waals surface area contributed by atoms with Gasteiger partial charge < -0.3 is 0 Å². The molecule has 0 saturated heterocycles. The summed E-state index contributed by atoms with van der Waals surface area (Å²) in [6, 6.07) is 9.73.